The van der Waals surface area contributed by atoms with Gasteiger partial charge in [0.1, 0.15) is 5.78 Å². The van der Waals surface area contributed by atoms with Crippen molar-refractivity contribution in [3.63, 3.8) is 0 Å². The van der Waals surface area contributed by atoms with E-state index < -0.39 is 17.5 Å². The number of esters is 1. The van der Waals surface area contributed by atoms with E-state index in [-0.39, 0.29) is 18.1 Å². The Labute approximate surface area is 141 Å². The number of Topliss-reactive ketones (excluding diaryl/α,β-unsaturated/α-hetero) is 1. The molecule has 0 radical (unpaired) electrons. The van der Waals surface area contributed by atoms with Crippen LogP contribution in [0.15, 0.2) is 0 Å². The van der Waals surface area contributed by atoms with Crippen LogP contribution < -0.4 is 0 Å². The summed E-state index contributed by atoms with van der Waals surface area (Å²) in [6.07, 6.45) is 6.39. The Bertz CT molecular complexity index is 389. The molecule has 0 aromatic heterocycles. The smallest absolute Gasteiger partial charge is 0.308 e. The molecule has 3 unspecified atom stereocenters. The molecular weight excluding hydrogens is 292 g/mol. The number of ketones is 1. The molecule has 4 nitrogen and oxygen atoms in total. The lowest BCUT2D eigenvalue weighted by molar-refractivity contribution is -0.150. The summed E-state index contributed by atoms with van der Waals surface area (Å²) in [6, 6.07) is 0. The lowest BCUT2D eigenvalue weighted by atomic mass is 9.74. The first-order valence-corrected chi connectivity index (χ1v) is 9.13. The van der Waals surface area contributed by atoms with Crippen LogP contribution in [0.4, 0.5) is 0 Å². The standard InChI is InChI=1S/C19H34O4/c1-14-10-8-6-5-7-9-11-23-17(21)13-16(20)19(3,4)18(22)15(2)12-14/h14-16,20H,5-13H2,1-4H3. The van der Waals surface area contributed by atoms with Crippen molar-refractivity contribution < 1.29 is 19.4 Å². The van der Waals surface area contributed by atoms with Crippen LogP contribution in [0.1, 0.15) is 79.1 Å². The van der Waals surface area contributed by atoms with Gasteiger partial charge in [0.2, 0.25) is 0 Å². The van der Waals surface area contributed by atoms with Gasteiger partial charge in [-0.15, -0.1) is 0 Å². The highest BCUT2D eigenvalue weighted by Gasteiger charge is 2.39. The third kappa shape index (κ3) is 6.62. The minimum absolute atomic E-state index is 0.0387. The van der Waals surface area contributed by atoms with Gasteiger partial charge in [-0.05, 0) is 18.8 Å². The molecular formula is C19H34O4. The Morgan fingerprint density at radius 2 is 1.65 bits per heavy atom. The van der Waals surface area contributed by atoms with E-state index in [0.29, 0.717) is 12.5 Å². The van der Waals surface area contributed by atoms with Crippen LogP contribution >= 0.6 is 0 Å². The molecule has 0 saturated carbocycles. The second-order valence-corrected chi connectivity index (χ2v) is 7.82. The first-order valence-electron chi connectivity index (χ1n) is 9.13. The average Bonchev–Trinajstić information content (AvgIpc) is 2.47. The van der Waals surface area contributed by atoms with Crippen molar-refractivity contribution in [3.05, 3.63) is 0 Å². The molecule has 1 rings (SSSR count). The van der Waals surface area contributed by atoms with E-state index in [1.165, 1.54) is 12.8 Å². The van der Waals surface area contributed by atoms with Gasteiger partial charge in [0.25, 0.3) is 0 Å². The van der Waals surface area contributed by atoms with Gasteiger partial charge in [-0.2, -0.15) is 0 Å². The normalized spacial score (nSPS) is 32.3. The number of ether oxygens (including phenoxy) is 1. The summed E-state index contributed by atoms with van der Waals surface area (Å²) >= 11 is 0. The fraction of sp³-hybridized carbons (Fsp3) is 0.895. The molecule has 4 heteroatoms. The molecule has 0 bridgehead atoms. The van der Waals surface area contributed by atoms with Gasteiger partial charge in [0.05, 0.1) is 24.5 Å². The maximum Gasteiger partial charge on any atom is 0.308 e. The number of hydrogen-bond donors (Lipinski definition) is 1. The van der Waals surface area contributed by atoms with Gasteiger partial charge in [-0.3, -0.25) is 9.59 Å². The summed E-state index contributed by atoms with van der Waals surface area (Å²) in [5.41, 5.74) is -0.921. The van der Waals surface area contributed by atoms with Gasteiger partial charge < -0.3 is 9.84 Å². The summed E-state index contributed by atoms with van der Waals surface area (Å²) < 4.78 is 5.18. The van der Waals surface area contributed by atoms with Gasteiger partial charge in [0, 0.05) is 5.92 Å². The molecule has 0 aromatic rings. The van der Waals surface area contributed by atoms with Crippen molar-refractivity contribution in [1.29, 1.82) is 0 Å². The second-order valence-electron chi connectivity index (χ2n) is 7.82. The van der Waals surface area contributed by atoms with Crippen LogP contribution in [0, 0.1) is 17.3 Å². The van der Waals surface area contributed by atoms with E-state index in [1.54, 1.807) is 13.8 Å². The Kier molecular flexibility index (Phi) is 8.24. The number of aliphatic hydroxyl groups excluding tert-OH is 1. The summed E-state index contributed by atoms with van der Waals surface area (Å²) in [7, 11) is 0. The minimum atomic E-state index is -0.992. The Morgan fingerprint density at radius 1 is 1.04 bits per heavy atom. The second kappa shape index (κ2) is 9.41. The SMILES string of the molecule is CC1CCCCCCCOC(=O)CC(O)C(C)(C)C(=O)C(C)C1. The monoisotopic (exact) mass is 326 g/mol. The third-order valence-electron chi connectivity index (χ3n) is 5.14. The van der Waals surface area contributed by atoms with Crippen LogP contribution in [-0.2, 0) is 14.3 Å². The van der Waals surface area contributed by atoms with Crippen LogP contribution in [0.25, 0.3) is 0 Å². The molecule has 3 atom stereocenters. The largest absolute Gasteiger partial charge is 0.466 e. The van der Waals surface area contributed by atoms with Crippen molar-refractivity contribution in [2.75, 3.05) is 6.61 Å². The summed E-state index contributed by atoms with van der Waals surface area (Å²) in [4.78, 5) is 24.5. The fourth-order valence-electron chi connectivity index (χ4n) is 3.41. The quantitative estimate of drug-likeness (QED) is 0.686. The number of cyclic esters (lactones) is 1. The summed E-state index contributed by atoms with van der Waals surface area (Å²) in [5, 5.41) is 10.4. The van der Waals surface area contributed by atoms with Gasteiger partial charge in [0.15, 0.2) is 0 Å². The van der Waals surface area contributed by atoms with Crippen molar-refractivity contribution in [1.82, 2.24) is 0 Å². The molecule has 1 saturated heterocycles. The predicted octanol–water partition coefficient (Wildman–Crippen LogP) is 3.89. The van der Waals surface area contributed by atoms with E-state index in [9.17, 15) is 14.7 Å². The van der Waals surface area contributed by atoms with Gasteiger partial charge >= 0.3 is 5.97 Å². The van der Waals surface area contributed by atoms with Crippen LogP contribution in [-0.4, -0.2) is 29.6 Å². The summed E-state index contributed by atoms with van der Waals surface area (Å²) in [6.45, 7) is 8.02. The van der Waals surface area contributed by atoms with E-state index in [4.69, 9.17) is 4.74 Å². The first-order chi connectivity index (χ1) is 10.7. The number of rotatable bonds is 0. The fourth-order valence-corrected chi connectivity index (χ4v) is 3.41. The zero-order chi connectivity index (χ0) is 17.5. The maximum absolute atomic E-state index is 12.7. The van der Waals surface area contributed by atoms with Crippen LogP contribution in [0.5, 0.6) is 0 Å². The molecule has 0 amide bonds. The number of carbonyl (C=O) groups excluding carboxylic acids is 2. The molecule has 0 aliphatic carbocycles. The third-order valence-corrected chi connectivity index (χ3v) is 5.14. The summed E-state index contributed by atoms with van der Waals surface area (Å²) in [5.74, 6) is 0.0431. The lowest BCUT2D eigenvalue weighted by Crippen LogP contribution is -2.42. The Balaban J connectivity index is 2.76. The van der Waals surface area contributed by atoms with Crippen LogP contribution in [0.3, 0.4) is 0 Å². The highest BCUT2D eigenvalue weighted by atomic mass is 16.5. The Hall–Kier alpha value is -0.900. The molecule has 0 aromatic carbocycles. The van der Waals surface area contributed by atoms with Gasteiger partial charge in [-0.1, -0.05) is 59.8 Å². The van der Waals surface area contributed by atoms with Crippen molar-refractivity contribution in [2.45, 2.75) is 85.2 Å². The topological polar surface area (TPSA) is 63.6 Å². The van der Waals surface area contributed by atoms with Crippen LogP contribution in [0.2, 0.25) is 0 Å². The molecule has 23 heavy (non-hydrogen) atoms. The van der Waals surface area contributed by atoms with Crippen molar-refractivity contribution in [3.8, 4) is 0 Å². The van der Waals surface area contributed by atoms with Gasteiger partial charge in [-0.25, -0.2) is 0 Å². The molecule has 1 aliphatic rings. The van der Waals surface area contributed by atoms with E-state index in [2.05, 4.69) is 6.92 Å². The van der Waals surface area contributed by atoms with E-state index >= 15 is 0 Å². The highest BCUT2D eigenvalue weighted by molar-refractivity contribution is 5.87. The highest BCUT2D eigenvalue weighted by Crippen LogP contribution is 2.31. The number of aliphatic hydroxyl groups is 1. The molecule has 0 spiro atoms. The number of carbonyl (C=O) groups is 2. The zero-order valence-corrected chi connectivity index (χ0v) is 15.3. The Morgan fingerprint density at radius 3 is 2.35 bits per heavy atom. The van der Waals surface area contributed by atoms with E-state index in [0.717, 1.165) is 32.1 Å². The molecule has 134 valence electrons. The number of hydrogen-bond acceptors (Lipinski definition) is 4. The molecule has 1 aliphatic heterocycles. The van der Waals surface area contributed by atoms with E-state index in [1.807, 2.05) is 6.92 Å². The lowest BCUT2D eigenvalue weighted by Gasteiger charge is -2.32. The zero-order valence-electron chi connectivity index (χ0n) is 15.3. The maximum atomic E-state index is 12.7. The average molecular weight is 326 g/mol. The predicted molar refractivity (Wildman–Crippen MR) is 91.0 cm³/mol. The molecule has 1 N–H and O–H groups in total. The molecule has 1 fully saturated rings. The van der Waals surface area contributed by atoms with Crippen molar-refractivity contribution >= 4 is 11.8 Å². The molecule has 1 heterocycles. The minimum Gasteiger partial charge on any atom is -0.466 e. The van der Waals surface area contributed by atoms with Crippen molar-refractivity contribution in [2.24, 2.45) is 17.3 Å². The first kappa shape index (κ1) is 20.1.